The number of rotatable bonds is 7. The van der Waals surface area contributed by atoms with Crippen molar-refractivity contribution in [1.82, 2.24) is 9.80 Å². The third kappa shape index (κ3) is 6.21. The van der Waals surface area contributed by atoms with Gasteiger partial charge in [0.15, 0.2) is 0 Å². The molecule has 0 aliphatic carbocycles. The fourth-order valence-electron chi connectivity index (χ4n) is 3.84. The van der Waals surface area contributed by atoms with Crippen molar-refractivity contribution in [2.45, 2.75) is 38.6 Å². The molecule has 27 heavy (non-hydrogen) atoms. The molecule has 144 valence electrons. The van der Waals surface area contributed by atoms with E-state index in [-0.39, 0.29) is 5.91 Å². The summed E-state index contributed by atoms with van der Waals surface area (Å²) in [4.78, 5) is 16.0. The van der Waals surface area contributed by atoms with Crippen molar-refractivity contribution in [2.75, 3.05) is 27.2 Å². The first-order valence-electron chi connectivity index (χ1n) is 10.1. The van der Waals surface area contributed by atoms with Crippen molar-refractivity contribution in [3.8, 4) is 0 Å². The van der Waals surface area contributed by atoms with E-state index in [2.05, 4.69) is 59.5 Å². The van der Waals surface area contributed by atoms with Crippen LogP contribution in [-0.2, 0) is 24.2 Å². The molecule has 3 heteroatoms. The summed E-state index contributed by atoms with van der Waals surface area (Å²) in [7, 11) is 3.63. The third-order valence-electron chi connectivity index (χ3n) is 5.63. The van der Waals surface area contributed by atoms with Gasteiger partial charge in [0.25, 0.3) is 0 Å². The fourth-order valence-corrected chi connectivity index (χ4v) is 3.84. The van der Waals surface area contributed by atoms with Crippen LogP contribution in [-0.4, -0.2) is 42.9 Å². The Morgan fingerprint density at radius 2 is 1.56 bits per heavy atom. The van der Waals surface area contributed by atoms with Gasteiger partial charge in [-0.3, -0.25) is 9.69 Å². The lowest BCUT2D eigenvalue weighted by atomic mass is 9.89. The van der Waals surface area contributed by atoms with Gasteiger partial charge < -0.3 is 4.90 Å². The predicted octanol–water partition coefficient (Wildman–Crippen LogP) is 4.16. The van der Waals surface area contributed by atoms with E-state index >= 15 is 0 Å². The molecular formula is C24H32N2O. The standard InChI is InChI=1S/C24H32N2O/c1-25(2)24(27)13-12-20-8-10-21(11-9-20)18-22-14-16-26(17-15-22)19-23-6-4-3-5-7-23/h3-11,22H,12-19H2,1-2H3. The first-order chi connectivity index (χ1) is 13.1. The summed E-state index contributed by atoms with van der Waals surface area (Å²) >= 11 is 0. The van der Waals surface area contributed by atoms with Crippen LogP contribution in [0.25, 0.3) is 0 Å². The summed E-state index contributed by atoms with van der Waals surface area (Å²) in [6, 6.07) is 19.7. The number of hydrogen-bond donors (Lipinski definition) is 0. The molecule has 1 aliphatic heterocycles. The second kappa shape index (κ2) is 9.70. The molecule has 2 aromatic rings. The van der Waals surface area contributed by atoms with Crippen molar-refractivity contribution < 1.29 is 4.79 Å². The number of nitrogens with zero attached hydrogens (tertiary/aromatic N) is 2. The van der Waals surface area contributed by atoms with Gasteiger partial charge in [-0.15, -0.1) is 0 Å². The molecule has 1 aliphatic rings. The molecule has 0 aromatic heterocycles. The van der Waals surface area contributed by atoms with E-state index in [9.17, 15) is 4.79 Å². The van der Waals surface area contributed by atoms with Gasteiger partial charge in [-0.2, -0.15) is 0 Å². The van der Waals surface area contributed by atoms with Crippen LogP contribution in [0.15, 0.2) is 54.6 Å². The topological polar surface area (TPSA) is 23.6 Å². The molecule has 1 saturated heterocycles. The number of benzene rings is 2. The van der Waals surface area contributed by atoms with E-state index in [0.717, 1.165) is 18.9 Å². The minimum atomic E-state index is 0.196. The molecule has 0 radical (unpaired) electrons. The smallest absolute Gasteiger partial charge is 0.222 e. The minimum Gasteiger partial charge on any atom is -0.349 e. The molecule has 0 bridgehead atoms. The molecule has 0 N–H and O–H groups in total. The summed E-state index contributed by atoms with van der Waals surface area (Å²) in [5, 5.41) is 0. The number of carbonyl (C=O) groups is 1. The molecule has 1 amide bonds. The number of hydrogen-bond acceptors (Lipinski definition) is 2. The molecule has 2 aromatic carbocycles. The third-order valence-corrected chi connectivity index (χ3v) is 5.63. The summed E-state index contributed by atoms with van der Waals surface area (Å²) < 4.78 is 0. The number of piperidine rings is 1. The van der Waals surface area contributed by atoms with Crippen LogP contribution in [0.1, 0.15) is 36.0 Å². The normalized spacial score (nSPS) is 15.6. The van der Waals surface area contributed by atoms with Gasteiger partial charge in [0.05, 0.1) is 0 Å². The maximum Gasteiger partial charge on any atom is 0.222 e. The molecular weight excluding hydrogens is 332 g/mol. The number of aryl methyl sites for hydroxylation is 1. The molecule has 3 rings (SSSR count). The van der Waals surface area contributed by atoms with Crippen LogP contribution >= 0.6 is 0 Å². The summed E-state index contributed by atoms with van der Waals surface area (Å²) in [6.07, 6.45) is 5.16. The zero-order chi connectivity index (χ0) is 19.1. The van der Waals surface area contributed by atoms with Crippen molar-refractivity contribution in [3.63, 3.8) is 0 Å². The van der Waals surface area contributed by atoms with Gasteiger partial charge in [0.2, 0.25) is 5.91 Å². The second-order valence-corrected chi connectivity index (χ2v) is 8.01. The molecule has 3 nitrogen and oxygen atoms in total. The highest BCUT2D eigenvalue weighted by Crippen LogP contribution is 2.23. The molecule has 0 unspecified atom stereocenters. The Morgan fingerprint density at radius 1 is 0.926 bits per heavy atom. The minimum absolute atomic E-state index is 0.196. The summed E-state index contributed by atoms with van der Waals surface area (Å²) in [5.74, 6) is 0.986. The van der Waals surface area contributed by atoms with Crippen molar-refractivity contribution in [3.05, 3.63) is 71.3 Å². The Morgan fingerprint density at radius 3 is 2.19 bits per heavy atom. The van der Waals surface area contributed by atoms with Crippen molar-refractivity contribution in [1.29, 1.82) is 0 Å². The maximum absolute atomic E-state index is 11.7. The van der Waals surface area contributed by atoms with Crippen molar-refractivity contribution in [2.24, 2.45) is 5.92 Å². The van der Waals surface area contributed by atoms with Gasteiger partial charge in [0, 0.05) is 27.1 Å². The Kier molecular flexibility index (Phi) is 7.05. The van der Waals surface area contributed by atoms with Crippen molar-refractivity contribution >= 4 is 5.91 Å². The SMILES string of the molecule is CN(C)C(=O)CCc1ccc(CC2CCN(Cc3ccccc3)CC2)cc1. The lowest BCUT2D eigenvalue weighted by molar-refractivity contribution is -0.128. The predicted molar refractivity (Wildman–Crippen MR) is 112 cm³/mol. The number of likely N-dealkylation sites (tertiary alicyclic amines) is 1. The Balaban J connectivity index is 1.41. The Bertz CT molecular complexity index is 701. The molecule has 0 saturated carbocycles. The number of carbonyl (C=O) groups excluding carboxylic acids is 1. The molecule has 1 fully saturated rings. The Hall–Kier alpha value is -2.13. The average Bonchev–Trinajstić information content (AvgIpc) is 2.69. The van der Waals surface area contributed by atoms with Gasteiger partial charge in [-0.05, 0) is 61.4 Å². The highest BCUT2D eigenvalue weighted by Gasteiger charge is 2.19. The largest absolute Gasteiger partial charge is 0.349 e. The van der Waals surface area contributed by atoms with Gasteiger partial charge in [-0.1, -0.05) is 54.6 Å². The second-order valence-electron chi connectivity index (χ2n) is 8.01. The van der Waals surface area contributed by atoms with Gasteiger partial charge in [-0.25, -0.2) is 0 Å². The monoisotopic (exact) mass is 364 g/mol. The van der Waals surface area contributed by atoms with Crippen LogP contribution in [0.3, 0.4) is 0 Å². The van der Waals surface area contributed by atoms with Gasteiger partial charge in [0.1, 0.15) is 0 Å². The van der Waals surface area contributed by atoms with E-state index in [1.54, 1.807) is 4.90 Å². The van der Waals surface area contributed by atoms with E-state index < -0.39 is 0 Å². The molecule has 1 heterocycles. The highest BCUT2D eigenvalue weighted by molar-refractivity contribution is 5.75. The van der Waals surface area contributed by atoms with Crippen LogP contribution in [0.4, 0.5) is 0 Å². The number of amides is 1. The first kappa shape index (κ1) is 19.6. The van der Waals surface area contributed by atoms with Crippen LogP contribution < -0.4 is 0 Å². The zero-order valence-electron chi connectivity index (χ0n) is 16.7. The molecule has 0 spiro atoms. The highest BCUT2D eigenvalue weighted by atomic mass is 16.2. The van der Waals surface area contributed by atoms with Gasteiger partial charge >= 0.3 is 0 Å². The van der Waals surface area contributed by atoms with Crippen LogP contribution in [0, 0.1) is 5.92 Å². The first-order valence-corrected chi connectivity index (χ1v) is 10.1. The lowest BCUT2D eigenvalue weighted by Crippen LogP contribution is -2.33. The quantitative estimate of drug-likeness (QED) is 0.736. The Labute approximate surface area is 164 Å². The van der Waals surface area contributed by atoms with E-state index in [4.69, 9.17) is 0 Å². The summed E-state index contributed by atoms with van der Waals surface area (Å²) in [6.45, 7) is 3.47. The van der Waals surface area contributed by atoms with E-state index in [1.165, 1.54) is 49.0 Å². The lowest BCUT2D eigenvalue weighted by Gasteiger charge is -2.32. The molecule has 0 atom stereocenters. The maximum atomic E-state index is 11.7. The average molecular weight is 365 g/mol. The van der Waals surface area contributed by atoms with Crippen LogP contribution in [0.2, 0.25) is 0 Å². The van der Waals surface area contributed by atoms with Crippen LogP contribution in [0.5, 0.6) is 0 Å². The zero-order valence-corrected chi connectivity index (χ0v) is 16.7. The summed E-state index contributed by atoms with van der Waals surface area (Å²) in [5.41, 5.74) is 4.10. The van der Waals surface area contributed by atoms with E-state index in [1.807, 2.05) is 14.1 Å². The van der Waals surface area contributed by atoms with E-state index in [0.29, 0.717) is 6.42 Å². The fraction of sp³-hybridized carbons (Fsp3) is 0.458.